The molecule has 0 radical (unpaired) electrons. The third kappa shape index (κ3) is 2.05. The molecule has 1 atom stereocenters. The van der Waals surface area contributed by atoms with Gasteiger partial charge in [0.15, 0.2) is 0 Å². The van der Waals surface area contributed by atoms with E-state index in [9.17, 15) is 0 Å². The van der Waals surface area contributed by atoms with Crippen LogP contribution in [0, 0.1) is 0 Å². The molecule has 0 aliphatic carbocycles. The van der Waals surface area contributed by atoms with E-state index in [1.54, 1.807) is 18.3 Å². The Bertz CT molecular complexity index is 485. The van der Waals surface area contributed by atoms with Gasteiger partial charge >= 0.3 is 0 Å². The summed E-state index contributed by atoms with van der Waals surface area (Å²) < 4.78 is 5.04. The lowest BCUT2D eigenvalue weighted by atomic mass is 10.2. The minimum atomic E-state index is -0.247. The first-order valence-corrected chi connectivity index (χ1v) is 5.30. The average Bonchev–Trinajstić information content (AvgIpc) is 2.78. The Kier molecular flexibility index (Phi) is 3.17. The number of halogens is 1. The van der Waals surface area contributed by atoms with Gasteiger partial charge in [-0.25, -0.2) is 0 Å². The van der Waals surface area contributed by atoms with Crippen molar-refractivity contribution in [1.82, 2.24) is 15.1 Å². The standard InChI is InChI=1S/C10H11ClN4O/c1-2-7(12)10-14-9(15-16-10)8-6(11)4-3-5-13-8/h3-5,7H,2,12H2,1H3/t7-/m0/s1. The predicted molar refractivity (Wildman–Crippen MR) is 59.8 cm³/mol. The van der Waals surface area contributed by atoms with Gasteiger partial charge in [-0.2, -0.15) is 4.98 Å². The zero-order chi connectivity index (χ0) is 11.5. The third-order valence-electron chi connectivity index (χ3n) is 2.17. The van der Waals surface area contributed by atoms with Crippen molar-refractivity contribution < 1.29 is 4.52 Å². The summed E-state index contributed by atoms with van der Waals surface area (Å²) in [6.45, 7) is 1.95. The first-order chi connectivity index (χ1) is 7.72. The molecule has 0 saturated heterocycles. The largest absolute Gasteiger partial charge is 0.337 e. The highest BCUT2D eigenvalue weighted by Gasteiger charge is 2.16. The smallest absolute Gasteiger partial charge is 0.243 e. The second-order valence-electron chi connectivity index (χ2n) is 3.30. The second-order valence-corrected chi connectivity index (χ2v) is 3.71. The van der Waals surface area contributed by atoms with E-state index in [0.717, 1.165) is 6.42 Å². The van der Waals surface area contributed by atoms with Crippen LogP contribution in [0.1, 0.15) is 25.3 Å². The highest BCUT2D eigenvalue weighted by molar-refractivity contribution is 6.32. The maximum absolute atomic E-state index is 5.97. The van der Waals surface area contributed by atoms with E-state index < -0.39 is 0 Å². The Morgan fingerprint density at radius 3 is 3.06 bits per heavy atom. The zero-order valence-electron chi connectivity index (χ0n) is 8.72. The number of hydrogen-bond donors (Lipinski definition) is 1. The molecule has 0 aliphatic heterocycles. The molecule has 0 saturated carbocycles. The molecule has 0 fully saturated rings. The van der Waals surface area contributed by atoms with Crippen LogP contribution in [-0.2, 0) is 0 Å². The molecule has 2 aromatic heterocycles. The van der Waals surface area contributed by atoms with Gasteiger partial charge in [-0.05, 0) is 18.6 Å². The Hall–Kier alpha value is -1.46. The molecule has 0 amide bonds. The molecule has 16 heavy (non-hydrogen) atoms. The summed E-state index contributed by atoms with van der Waals surface area (Å²) in [4.78, 5) is 8.25. The molecule has 2 aromatic rings. The summed E-state index contributed by atoms with van der Waals surface area (Å²) in [5, 5.41) is 4.29. The molecule has 2 rings (SSSR count). The van der Waals surface area contributed by atoms with Crippen LogP contribution in [0.15, 0.2) is 22.9 Å². The molecule has 84 valence electrons. The number of rotatable bonds is 3. The first kappa shape index (κ1) is 11.0. The number of nitrogens with two attached hydrogens (primary N) is 1. The fourth-order valence-electron chi connectivity index (χ4n) is 1.21. The lowest BCUT2D eigenvalue weighted by Crippen LogP contribution is -2.08. The average molecular weight is 239 g/mol. The van der Waals surface area contributed by atoms with Gasteiger partial charge < -0.3 is 10.3 Å². The van der Waals surface area contributed by atoms with Gasteiger partial charge in [0, 0.05) is 6.20 Å². The molecular weight excluding hydrogens is 228 g/mol. The predicted octanol–water partition coefficient (Wildman–Crippen LogP) is 2.19. The summed E-state index contributed by atoms with van der Waals surface area (Å²) in [6.07, 6.45) is 2.36. The van der Waals surface area contributed by atoms with E-state index in [1.165, 1.54) is 0 Å². The topological polar surface area (TPSA) is 77.8 Å². The fourth-order valence-corrected chi connectivity index (χ4v) is 1.41. The van der Waals surface area contributed by atoms with Gasteiger partial charge in [0.25, 0.3) is 0 Å². The molecule has 0 aromatic carbocycles. The minimum Gasteiger partial charge on any atom is -0.337 e. The normalized spacial score (nSPS) is 12.7. The van der Waals surface area contributed by atoms with Crippen LogP contribution < -0.4 is 5.73 Å². The number of nitrogens with zero attached hydrogens (tertiary/aromatic N) is 3. The van der Waals surface area contributed by atoms with Gasteiger partial charge in [0.05, 0.1) is 11.1 Å². The molecule has 2 heterocycles. The zero-order valence-corrected chi connectivity index (χ0v) is 9.48. The summed E-state index contributed by atoms with van der Waals surface area (Å²) in [5.74, 6) is 0.767. The Labute approximate surface area is 97.6 Å². The van der Waals surface area contributed by atoms with Gasteiger partial charge in [0.1, 0.15) is 5.69 Å². The summed E-state index contributed by atoms with van der Waals surface area (Å²) >= 11 is 5.97. The van der Waals surface area contributed by atoms with E-state index in [2.05, 4.69) is 15.1 Å². The van der Waals surface area contributed by atoms with Crippen molar-refractivity contribution >= 4 is 11.6 Å². The van der Waals surface area contributed by atoms with Crippen molar-refractivity contribution in [1.29, 1.82) is 0 Å². The molecule has 5 nitrogen and oxygen atoms in total. The number of pyridine rings is 1. The van der Waals surface area contributed by atoms with Gasteiger partial charge in [0.2, 0.25) is 11.7 Å². The molecule has 0 aliphatic rings. The highest BCUT2D eigenvalue weighted by atomic mass is 35.5. The minimum absolute atomic E-state index is 0.247. The number of hydrogen-bond acceptors (Lipinski definition) is 5. The van der Waals surface area contributed by atoms with E-state index in [4.69, 9.17) is 21.9 Å². The number of aromatic nitrogens is 3. The van der Waals surface area contributed by atoms with Crippen molar-refractivity contribution in [2.45, 2.75) is 19.4 Å². The van der Waals surface area contributed by atoms with Gasteiger partial charge in [-0.1, -0.05) is 23.7 Å². The van der Waals surface area contributed by atoms with Crippen LogP contribution in [0.2, 0.25) is 5.02 Å². The van der Waals surface area contributed by atoms with Crippen LogP contribution in [0.4, 0.5) is 0 Å². The Balaban J connectivity index is 2.35. The van der Waals surface area contributed by atoms with E-state index >= 15 is 0 Å². The quantitative estimate of drug-likeness (QED) is 0.887. The third-order valence-corrected chi connectivity index (χ3v) is 2.47. The molecular formula is C10H11ClN4O. The van der Waals surface area contributed by atoms with Crippen LogP contribution in [-0.4, -0.2) is 15.1 Å². The van der Waals surface area contributed by atoms with Crippen molar-refractivity contribution in [2.24, 2.45) is 5.73 Å². The van der Waals surface area contributed by atoms with E-state index in [1.807, 2.05) is 6.92 Å². The van der Waals surface area contributed by atoms with Crippen LogP contribution >= 0.6 is 11.6 Å². The Morgan fingerprint density at radius 1 is 1.56 bits per heavy atom. The summed E-state index contributed by atoms with van der Waals surface area (Å²) in [7, 11) is 0. The SMILES string of the molecule is CC[C@H](N)c1nc(-c2ncccc2Cl)no1. The van der Waals surface area contributed by atoms with Crippen molar-refractivity contribution in [3.63, 3.8) is 0 Å². The van der Waals surface area contributed by atoms with Crippen LogP contribution in [0.5, 0.6) is 0 Å². The van der Waals surface area contributed by atoms with Crippen molar-refractivity contribution in [2.75, 3.05) is 0 Å². The second kappa shape index (κ2) is 4.59. The molecule has 2 N–H and O–H groups in total. The molecule has 0 spiro atoms. The Morgan fingerprint density at radius 2 is 2.38 bits per heavy atom. The highest BCUT2D eigenvalue weighted by Crippen LogP contribution is 2.23. The van der Waals surface area contributed by atoms with Crippen molar-refractivity contribution in [3.8, 4) is 11.5 Å². The van der Waals surface area contributed by atoms with Crippen molar-refractivity contribution in [3.05, 3.63) is 29.2 Å². The van der Waals surface area contributed by atoms with Crippen LogP contribution in [0.3, 0.4) is 0 Å². The van der Waals surface area contributed by atoms with Gasteiger partial charge in [-0.3, -0.25) is 4.98 Å². The lowest BCUT2D eigenvalue weighted by Gasteiger charge is -1.99. The molecule has 6 heteroatoms. The monoisotopic (exact) mass is 238 g/mol. The lowest BCUT2D eigenvalue weighted by molar-refractivity contribution is 0.352. The molecule has 0 unspecified atom stereocenters. The first-order valence-electron chi connectivity index (χ1n) is 4.92. The van der Waals surface area contributed by atoms with Crippen LogP contribution in [0.25, 0.3) is 11.5 Å². The summed E-state index contributed by atoms with van der Waals surface area (Å²) in [5.41, 5.74) is 6.28. The maximum atomic E-state index is 5.97. The summed E-state index contributed by atoms with van der Waals surface area (Å²) in [6, 6.07) is 3.22. The van der Waals surface area contributed by atoms with E-state index in [0.29, 0.717) is 22.4 Å². The van der Waals surface area contributed by atoms with Gasteiger partial charge in [-0.15, -0.1) is 0 Å². The maximum Gasteiger partial charge on any atom is 0.243 e. The fraction of sp³-hybridized carbons (Fsp3) is 0.300. The molecule has 0 bridgehead atoms. The van der Waals surface area contributed by atoms with E-state index in [-0.39, 0.29) is 6.04 Å².